The van der Waals surface area contributed by atoms with Crippen molar-refractivity contribution < 1.29 is 4.79 Å². The molecule has 0 radical (unpaired) electrons. The van der Waals surface area contributed by atoms with Gasteiger partial charge in [0.25, 0.3) is 5.91 Å². The Morgan fingerprint density at radius 1 is 1.16 bits per heavy atom. The Hall–Kier alpha value is -1.01. The fraction of sp³-hybridized carbons (Fsp3) is 0.133. The summed E-state index contributed by atoms with van der Waals surface area (Å²) in [5.41, 5.74) is 1.58. The van der Waals surface area contributed by atoms with E-state index in [1.54, 1.807) is 11.8 Å². The number of para-hydroxylation sites is 1. The van der Waals surface area contributed by atoms with Gasteiger partial charge in [0.15, 0.2) is 0 Å². The largest absolute Gasteiger partial charge is 0.321 e. The van der Waals surface area contributed by atoms with Crippen LogP contribution in [0.4, 0.5) is 5.69 Å². The van der Waals surface area contributed by atoms with Crippen molar-refractivity contribution in [2.45, 2.75) is 11.8 Å². The number of anilines is 1. The van der Waals surface area contributed by atoms with E-state index in [4.69, 9.17) is 0 Å². The molecule has 0 saturated heterocycles. The molecular formula is C15H14INOS. The third-order valence-corrected chi connectivity index (χ3v) is 4.45. The van der Waals surface area contributed by atoms with Crippen molar-refractivity contribution in [3.8, 4) is 0 Å². The van der Waals surface area contributed by atoms with Crippen molar-refractivity contribution in [1.82, 2.24) is 0 Å². The van der Waals surface area contributed by atoms with Crippen LogP contribution in [-0.2, 0) is 0 Å². The van der Waals surface area contributed by atoms with Crippen LogP contribution in [0, 0.1) is 3.57 Å². The summed E-state index contributed by atoms with van der Waals surface area (Å²) in [5, 5.41) is 2.99. The third-order valence-electron chi connectivity index (χ3n) is 2.55. The molecular weight excluding hydrogens is 369 g/mol. The minimum absolute atomic E-state index is 0.0610. The second-order valence-corrected chi connectivity index (χ2v) is 6.33. The molecule has 0 spiro atoms. The number of hydrogen-bond acceptors (Lipinski definition) is 2. The Morgan fingerprint density at radius 3 is 2.58 bits per heavy atom. The van der Waals surface area contributed by atoms with Crippen LogP contribution in [0.15, 0.2) is 53.4 Å². The molecule has 0 aliphatic rings. The Balaban J connectivity index is 2.22. The zero-order valence-corrected chi connectivity index (χ0v) is 13.5. The molecule has 1 amide bonds. The molecule has 0 saturated carbocycles. The monoisotopic (exact) mass is 383 g/mol. The van der Waals surface area contributed by atoms with E-state index < -0.39 is 0 Å². The summed E-state index contributed by atoms with van der Waals surface area (Å²) in [6.45, 7) is 2.10. The van der Waals surface area contributed by atoms with Crippen molar-refractivity contribution in [2.24, 2.45) is 0 Å². The molecule has 0 aromatic heterocycles. The van der Waals surface area contributed by atoms with E-state index in [0.29, 0.717) is 5.56 Å². The van der Waals surface area contributed by atoms with Gasteiger partial charge in [0.05, 0.1) is 11.3 Å². The molecule has 0 fully saturated rings. The van der Waals surface area contributed by atoms with Gasteiger partial charge in [-0.05, 0) is 52.6 Å². The summed E-state index contributed by atoms with van der Waals surface area (Å²) in [5.74, 6) is 0.921. The Bertz CT molecular complexity index is 586. The van der Waals surface area contributed by atoms with Crippen molar-refractivity contribution in [2.75, 3.05) is 11.1 Å². The third kappa shape index (κ3) is 3.73. The first-order valence-electron chi connectivity index (χ1n) is 6.00. The second-order valence-electron chi connectivity index (χ2n) is 3.86. The highest BCUT2D eigenvalue weighted by Crippen LogP contribution is 2.27. The van der Waals surface area contributed by atoms with Gasteiger partial charge >= 0.3 is 0 Å². The number of thioether (sulfide) groups is 1. The zero-order chi connectivity index (χ0) is 13.7. The number of nitrogens with one attached hydrogen (secondary N) is 1. The number of hydrogen-bond donors (Lipinski definition) is 1. The molecule has 98 valence electrons. The highest BCUT2D eigenvalue weighted by atomic mass is 127. The number of carbonyl (C=O) groups is 1. The van der Waals surface area contributed by atoms with Crippen LogP contribution in [0.2, 0.25) is 0 Å². The molecule has 2 aromatic carbocycles. The Labute approximate surface area is 131 Å². The standard InChI is InChI=1S/C15H14INOS/c1-2-19-14-10-6-5-9-13(14)17-15(18)11-7-3-4-8-12(11)16/h3-10H,2H2,1H3,(H,17,18). The van der Waals surface area contributed by atoms with Gasteiger partial charge in [-0.25, -0.2) is 0 Å². The second kappa shape index (κ2) is 6.96. The average Bonchev–Trinajstić information content (AvgIpc) is 2.41. The molecule has 0 aliphatic heterocycles. The fourth-order valence-corrected chi connectivity index (χ4v) is 3.08. The van der Waals surface area contributed by atoms with Crippen LogP contribution in [0.5, 0.6) is 0 Å². The predicted octanol–water partition coefficient (Wildman–Crippen LogP) is 4.66. The molecule has 0 atom stereocenters. The van der Waals surface area contributed by atoms with Gasteiger partial charge in [0, 0.05) is 8.47 Å². The fourth-order valence-electron chi connectivity index (χ4n) is 1.69. The molecule has 0 aliphatic carbocycles. The lowest BCUT2D eigenvalue weighted by Crippen LogP contribution is -2.13. The number of halogens is 1. The van der Waals surface area contributed by atoms with Crippen molar-refractivity contribution in [3.05, 3.63) is 57.7 Å². The molecule has 2 nitrogen and oxygen atoms in total. The first kappa shape index (κ1) is 14.4. The first-order valence-corrected chi connectivity index (χ1v) is 8.06. The summed E-state index contributed by atoms with van der Waals surface area (Å²) >= 11 is 3.90. The van der Waals surface area contributed by atoms with E-state index in [0.717, 1.165) is 19.9 Å². The smallest absolute Gasteiger partial charge is 0.256 e. The van der Waals surface area contributed by atoms with E-state index in [-0.39, 0.29) is 5.91 Å². The van der Waals surface area contributed by atoms with Crippen LogP contribution in [0.3, 0.4) is 0 Å². The van der Waals surface area contributed by atoms with Gasteiger partial charge < -0.3 is 5.32 Å². The summed E-state index contributed by atoms with van der Waals surface area (Å²) in [7, 11) is 0. The summed E-state index contributed by atoms with van der Waals surface area (Å²) in [6, 6.07) is 15.5. The highest BCUT2D eigenvalue weighted by molar-refractivity contribution is 14.1. The van der Waals surface area contributed by atoms with Crippen LogP contribution in [0.25, 0.3) is 0 Å². The quantitative estimate of drug-likeness (QED) is 0.615. The maximum atomic E-state index is 12.3. The topological polar surface area (TPSA) is 29.1 Å². The maximum absolute atomic E-state index is 12.3. The molecule has 0 heterocycles. The van der Waals surface area contributed by atoms with Gasteiger partial charge in [-0.1, -0.05) is 31.2 Å². The van der Waals surface area contributed by atoms with Gasteiger partial charge in [-0.15, -0.1) is 11.8 Å². The van der Waals surface area contributed by atoms with E-state index in [9.17, 15) is 4.79 Å². The van der Waals surface area contributed by atoms with Crippen LogP contribution in [-0.4, -0.2) is 11.7 Å². The normalized spacial score (nSPS) is 10.2. The SMILES string of the molecule is CCSc1ccccc1NC(=O)c1ccccc1I. The van der Waals surface area contributed by atoms with Gasteiger partial charge in [0.1, 0.15) is 0 Å². The molecule has 1 N–H and O–H groups in total. The van der Waals surface area contributed by atoms with Gasteiger partial charge in [-0.2, -0.15) is 0 Å². The van der Waals surface area contributed by atoms with Crippen LogP contribution >= 0.6 is 34.4 Å². The van der Waals surface area contributed by atoms with E-state index in [2.05, 4.69) is 34.8 Å². The highest BCUT2D eigenvalue weighted by Gasteiger charge is 2.11. The Morgan fingerprint density at radius 2 is 1.84 bits per heavy atom. The average molecular weight is 383 g/mol. The molecule has 2 rings (SSSR count). The lowest BCUT2D eigenvalue weighted by Gasteiger charge is -2.10. The van der Waals surface area contributed by atoms with E-state index in [1.165, 1.54) is 0 Å². The van der Waals surface area contributed by atoms with E-state index in [1.807, 2.05) is 48.5 Å². The van der Waals surface area contributed by atoms with Gasteiger partial charge in [0.2, 0.25) is 0 Å². The summed E-state index contributed by atoms with van der Waals surface area (Å²) in [6.07, 6.45) is 0. The lowest BCUT2D eigenvalue weighted by molar-refractivity contribution is 0.102. The van der Waals surface area contributed by atoms with Crippen LogP contribution in [0.1, 0.15) is 17.3 Å². The molecule has 19 heavy (non-hydrogen) atoms. The van der Waals surface area contributed by atoms with Crippen molar-refractivity contribution in [1.29, 1.82) is 0 Å². The maximum Gasteiger partial charge on any atom is 0.256 e. The molecule has 4 heteroatoms. The number of benzene rings is 2. The number of amides is 1. The van der Waals surface area contributed by atoms with E-state index >= 15 is 0 Å². The predicted molar refractivity (Wildman–Crippen MR) is 90.0 cm³/mol. The van der Waals surface area contributed by atoms with Crippen molar-refractivity contribution in [3.63, 3.8) is 0 Å². The summed E-state index contributed by atoms with van der Waals surface area (Å²) < 4.78 is 0.957. The Kier molecular flexibility index (Phi) is 5.27. The summed E-state index contributed by atoms with van der Waals surface area (Å²) in [4.78, 5) is 13.4. The first-order chi connectivity index (χ1) is 9.22. The van der Waals surface area contributed by atoms with Crippen LogP contribution < -0.4 is 5.32 Å². The minimum Gasteiger partial charge on any atom is -0.321 e. The number of carbonyl (C=O) groups excluding carboxylic acids is 1. The molecule has 0 bridgehead atoms. The lowest BCUT2D eigenvalue weighted by atomic mass is 10.2. The zero-order valence-electron chi connectivity index (χ0n) is 10.5. The van der Waals surface area contributed by atoms with Crippen molar-refractivity contribution >= 4 is 45.9 Å². The molecule has 2 aromatic rings. The minimum atomic E-state index is -0.0610. The molecule has 0 unspecified atom stereocenters. The number of rotatable bonds is 4. The van der Waals surface area contributed by atoms with Gasteiger partial charge in [-0.3, -0.25) is 4.79 Å².